The lowest BCUT2D eigenvalue weighted by atomic mass is 9.96. The molecule has 0 aliphatic carbocycles. The minimum atomic E-state index is -0.299. The topological polar surface area (TPSA) is 77.3 Å². The lowest BCUT2D eigenvalue weighted by molar-refractivity contribution is -0.145. The quantitative estimate of drug-likeness (QED) is 0.552. The highest BCUT2D eigenvalue weighted by molar-refractivity contribution is 5.96. The fourth-order valence-corrected chi connectivity index (χ4v) is 3.17. The highest BCUT2D eigenvalue weighted by atomic mass is 16.5. The first kappa shape index (κ1) is 21.4. The number of benzene rings is 2. The second kappa shape index (κ2) is 9.96. The summed E-state index contributed by atoms with van der Waals surface area (Å²) in [6.45, 7) is 6.48. The summed E-state index contributed by atoms with van der Waals surface area (Å²) in [7, 11) is 0. The van der Waals surface area contributed by atoms with E-state index < -0.39 is 0 Å². The summed E-state index contributed by atoms with van der Waals surface area (Å²) in [6, 6.07) is 15.3. The summed E-state index contributed by atoms with van der Waals surface area (Å²) in [5, 5.41) is 7.72. The fourth-order valence-electron chi connectivity index (χ4n) is 3.17. The van der Waals surface area contributed by atoms with Crippen molar-refractivity contribution in [3.05, 3.63) is 76.5 Å². The molecule has 2 aromatic rings. The summed E-state index contributed by atoms with van der Waals surface area (Å²) in [5.41, 5.74) is 4.40. The first-order chi connectivity index (χ1) is 14.4. The van der Waals surface area contributed by atoms with Gasteiger partial charge in [0.15, 0.2) is 0 Å². The molecule has 0 spiro atoms. The van der Waals surface area contributed by atoms with Gasteiger partial charge in [-0.1, -0.05) is 50.2 Å². The number of hydrogen-bond donors (Lipinski definition) is 0. The molecule has 30 heavy (non-hydrogen) atoms. The number of ether oxygens (including phenoxy) is 2. The Balaban J connectivity index is 1.50. The van der Waals surface area contributed by atoms with Gasteiger partial charge in [-0.25, -0.2) is 0 Å². The van der Waals surface area contributed by atoms with Crippen molar-refractivity contribution >= 4 is 11.9 Å². The van der Waals surface area contributed by atoms with E-state index in [2.05, 4.69) is 10.2 Å². The van der Waals surface area contributed by atoms with Crippen LogP contribution in [-0.2, 0) is 27.4 Å². The summed E-state index contributed by atoms with van der Waals surface area (Å²) in [5.74, 6) is 0.275. The molecule has 0 fully saturated rings. The van der Waals surface area contributed by atoms with E-state index >= 15 is 0 Å². The molecule has 3 rings (SSSR count). The van der Waals surface area contributed by atoms with Gasteiger partial charge in [0.25, 0.3) is 5.91 Å². The number of carbonyl (C=O) groups excluding carboxylic acids is 2. The largest absolute Gasteiger partial charge is 0.493 e. The van der Waals surface area contributed by atoms with Gasteiger partial charge in [0, 0.05) is 12.0 Å². The van der Waals surface area contributed by atoms with Gasteiger partial charge in [-0.15, -0.1) is 5.11 Å². The van der Waals surface area contributed by atoms with Gasteiger partial charge < -0.3 is 9.47 Å². The van der Waals surface area contributed by atoms with Crippen molar-refractivity contribution in [2.75, 3.05) is 6.61 Å². The van der Waals surface area contributed by atoms with Crippen molar-refractivity contribution in [2.45, 2.75) is 40.2 Å². The average molecular weight is 406 g/mol. The van der Waals surface area contributed by atoms with Gasteiger partial charge in [-0.05, 0) is 41.7 Å². The third-order valence-electron chi connectivity index (χ3n) is 4.86. The Morgan fingerprint density at radius 1 is 1.07 bits per heavy atom. The van der Waals surface area contributed by atoms with E-state index in [-0.39, 0.29) is 37.4 Å². The first-order valence-corrected chi connectivity index (χ1v) is 10.0. The molecular weight excluding hydrogens is 380 g/mol. The normalized spacial score (nSPS) is 13.3. The number of azo groups is 1. The Morgan fingerprint density at radius 3 is 2.53 bits per heavy atom. The Bertz CT molecular complexity index is 978. The van der Waals surface area contributed by atoms with Gasteiger partial charge in [0.1, 0.15) is 12.4 Å². The van der Waals surface area contributed by atoms with E-state index in [1.165, 1.54) is 0 Å². The van der Waals surface area contributed by atoms with E-state index in [9.17, 15) is 9.59 Å². The number of hydrogen-bond acceptors (Lipinski definition) is 5. The van der Waals surface area contributed by atoms with Crippen molar-refractivity contribution in [2.24, 2.45) is 16.1 Å². The lowest BCUT2D eigenvalue weighted by Gasteiger charge is -2.11. The molecule has 1 amide bonds. The van der Waals surface area contributed by atoms with Crippen LogP contribution in [0.15, 0.2) is 70.0 Å². The minimum Gasteiger partial charge on any atom is -0.493 e. The van der Waals surface area contributed by atoms with Crippen LogP contribution in [0.2, 0.25) is 0 Å². The number of esters is 1. The van der Waals surface area contributed by atoms with E-state index in [1.54, 1.807) is 0 Å². The zero-order valence-electron chi connectivity index (χ0n) is 17.6. The van der Waals surface area contributed by atoms with Gasteiger partial charge in [-0.2, -0.15) is 5.11 Å². The van der Waals surface area contributed by atoms with Crippen molar-refractivity contribution in [3.63, 3.8) is 0 Å². The van der Waals surface area contributed by atoms with Crippen LogP contribution in [0.3, 0.4) is 0 Å². The van der Waals surface area contributed by atoms with E-state index in [1.807, 2.05) is 69.3 Å². The van der Waals surface area contributed by atoms with E-state index in [4.69, 9.17) is 9.47 Å². The maximum atomic E-state index is 12.0. The molecule has 0 saturated carbocycles. The highest BCUT2D eigenvalue weighted by Gasteiger charge is 2.24. The van der Waals surface area contributed by atoms with Crippen molar-refractivity contribution in [1.29, 1.82) is 0 Å². The van der Waals surface area contributed by atoms with Crippen molar-refractivity contribution in [1.82, 2.24) is 0 Å². The van der Waals surface area contributed by atoms with Crippen LogP contribution in [0.25, 0.3) is 0 Å². The van der Waals surface area contributed by atoms with Gasteiger partial charge in [-0.3, -0.25) is 9.59 Å². The molecule has 0 saturated heterocycles. The molecule has 2 aromatic carbocycles. The number of rotatable bonds is 9. The molecule has 0 radical (unpaired) electrons. The Hall–Kier alpha value is -3.28. The number of amides is 1. The van der Waals surface area contributed by atoms with Crippen molar-refractivity contribution < 1.29 is 19.1 Å². The predicted octanol–water partition coefficient (Wildman–Crippen LogP) is 4.95. The summed E-state index contributed by atoms with van der Waals surface area (Å²) in [4.78, 5) is 23.9. The van der Waals surface area contributed by atoms with Crippen LogP contribution < -0.4 is 4.74 Å². The third-order valence-corrected chi connectivity index (χ3v) is 4.86. The molecule has 6 nitrogen and oxygen atoms in total. The first-order valence-electron chi connectivity index (χ1n) is 10.0. The third kappa shape index (κ3) is 5.63. The molecule has 0 unspecified atom stereocenters. The summed E-state index contributed by atoms with van der Waals surface area (Å²) >= 11 is 0. The molecule has 0 bridgehead atoms. The van der Waals surface area contributed by atoms with Crippen LogP contribution in [0, 0.1) is 12.8 Å². The van der Waals surface area contributed by atoms with Crippen LogP contribution in [0.1, 0.15) is 37.0 Å². The Kier molecular flexibility index (Phi) is 7.12. The molecule has 1 aliphatic heterocycles. The molecular formula is C24H26N2O4. The monoisotopic (exact) mass is 406 g/mol. The zero-order valence-corrected chi connectivity index (χ0v) is 17.6. The number of nitrogens with zero attached hydrogens (tertiary/aromatic N) is 2. The van der Waals surface area contributed by atoms with Gasteiger partial charge in [0.2, 0.25) is 0 Å². The van der Waals surface area contributed by atoms with Crippen LogP contribution in [-0.4, -0.2) is 18.5 Å². The van der Waals surface area contributed by atoms with Crippen LogP contribution in [0.4, 0.5) is 0 Å². The fraction of sp³-hybridized carbons (Fsp3) is 0.333. The summed E-state index contributed by atoms with van der Waals surface area (Å²) < 4.78 is 10.9. The molecule has 156 valence electrons. The maximum absolute atomic E-state index is 12.0. The zero-order chi connectivity index (χ0) is 21.5. The van der Waals surface area contributed by atoms with Crippen LogP contribution >= 0.6 is 0 Å². The molecule has 0 atom stereocenters. The predicted molar refractivity (Wildman–Crippen MR) is 113 cm³/mol. The van der Waals surface area contributed by atoms with Gasteiger partial charge >= 0.3 is 5.97 Å². The Labute approximate surface area is 176 Å². The molecule has 1 aliphatic rings. The highest BCUT2D eigenvalue weighted by Crippen LogP contribution is 2.28. The second-order valence-electron chi connectivity index (χ2n) is 7.53. The lowest BCUT2D eigenvalue weighted by Crippen LogP contribution is -2.10. The summed E-state index contributed by atoms with van der Waals surface area (Å²) in [6.07, 6.45) is 0.674. The SMILES string of the molecule is Cc1cc(OCCC(=O)OCc2ccccc2)ccc1CC1=C(C(C)C)N=NC1=O. The smallest absolute Gasteiger partial charge is 0.309 e. The Morgan fingerprint density at radius 2 is 1.83 bits per heavy atom. The number of carbonyl (C=O) groups is 2. The molecule has 0 N–H and O–H groups in total. The number of allylic oxidation sites excluding steroid dienone is 1. The van der Waals surface area contributed by atoms with E-state index in [0.29, 0.717) is 17.7 Å². The molecule has 6 heteroatoms. The average Bonchev–Trinajstić information content (AvgIpc) is 3.10. The standard InChI is InChI=1S/C24H26N2O4/c1-16(2)23-21(24(28)26-25-23)14-19-9-10-20(13-17(19)3)29-12-11-22(27)30-15-18-7-5-4-6-8-18/h4-10,13,16H,11-12,14-15H2,1-3H3. The molecule has 1 heterocycles. The van der Waals surface area contributed by atoms with E-state index in [0.717, 1.165) is 22.4 Å². The minimum absolute atomic E-state index is 0.153. The van der Waals surface area contributed by atoms with Crippen molar-refractivity contribution in [3.8, 4) is 5.75 Å². The second-order valence-corrected chi connectivity index (χ2v) is 7.53. The van der Waals surface area contributed by atoms with Gasteiger partial charge in [0.05, 0.1) is 18.7 Å². The molecule has 0 aromatic heterocycles. The maximum Gasteiger partial charge on any atom is 0.309 e. The van der Waals surface area contributed by atoms with Crippen LogP contribution in [0.5, 0.6) is 5.75 Å². The number of aryl methyl sites for hydroxylation is 1.